The first kappa shape index (κ1) is 14.3. The topological polar surface area (TPSA) is 59.0 Å². The average molecular weight is 285 g/mol. The second kappa shape index (κ2) is 5.92. The summed E-state index contributed by atoms with van der Waals surface area (Å²) in [7, 11) is 1.85. The normalized spacial score (nSPS) is 28.8. The molecule has 5 nitrogen and oxygen atoms in total. The Hall–Kier alpha value is -1.07. The fourth-order valence-corrected chi connectivity index (χ4v) is 3.28. The molecule has 2 atom stereocenters. The number of rotatable bonds is 3. The van der Waals surface area contributed by atoms with Crippen molar-refractivity contribution in [3.05, 3.63) is 12.3 Å². The minimum atomic E-state index is 0. The molecule has 1 aromatic heterocycles. The van der Waals surface area contributed by atoms with Crippen molar-refractivity contribution in [2.24, 2.45) is 13.0 Å². The highest BCUT2D eigenvalue weighted by atomic mass is 35.5. The Morgan fingerprint density at radius 1 is 1.47 bits per heavy atom. The van der Waals surface area contributed by atoms with Gasteiger partial charge >= 0.3 is 0 Å². The lowest BCUT2D eigenvalue weighted by atomic mass is 9.89. The van der Waals surface area contributed by atoms with Crippen LogP contribution >= 0.6 is 12.4 Å². The van der Waals surface area contributed by atoms with E-state index in [9.17, 15) is 4.79 Å². The zero-order valence-electron chi connectivity index (χ0n) is 11.1. The van der Waals surface area contributed by atoms with E-state index in [-0.39, 0.29) is 18.3 Å². The van der Waals surface area contributed by atoms with Gasteiger partial charge in [-0.25, -0.2) is 0 Å². The van der Waals surface area contributed by atoms with Gasteiger partial charge in [-0.2, -0.15) is 5.10 Å². The van der Waals surface area contributed by atoms with Gasteiger partial charge in [0.1, 0.15) is 0 Å². The van der Waals surface area contributed by atoms with Crippen LogP contribution < -0.4 is 10.6 Å². The third kappa shape index (κ3) is 3.48. The number of hydrogen-bond acceptors (Lipinski definition) is 3. The molecule has 0 aromatic carbocycles. The largest absolute Gasteiger partial charge is 0.311 e. The smallest absolute Gasteiger partial charge is 0.225 e. The second-order valence-corrected chi connectivity index (χ2v) is 5.60. The number of carbonyl (C=O) groups is 1. The minimum Gasteiger partial charge on any atom is -0.311 e. The van der Waals surface area contributed by atoms with Crippen LogP contribution in [-0.2, 0) is 11.8 Å². The molecule has 1 amide bonds. The number of nitrogens with zero attached hydrogens (tertiary/aromatic N) is 2. The molecule has 1 aromatic rings. The minimum absolute atomic E-state index is 0. The van der Waals surface area contributed by atoms with E-state index in [2.05, 4.69) is 15.7 Å². The first-order chi connectivity index (χ1) is 8.69. The van der Waals surface area contributed by atoms with E-state index in [1.54, 1.807) is 4.68 Å². The molecule has 2 aliphatic heterocycles. The lowest BCUT2D eigenvalue weighted by Crippen LogP contribution is -2.39. The number of anilines is 1. The monoisotopic (exact) mass is 284 g/mol. The molecule has 0 radical (unpaired) electrons. The molecule has 2 saturated heterocycles. The summed E-state index contributed by atoms with van der Waals surface area (Å²) in [5, 5.41) is 10.6. The molecule has 0 aliphatic carbocycles. The molecule has 6 heteroatoms. The third-order valence-corrected chi connectivity index (χ3v) is 4.03. The van der Waals surface area contributed by atoms with Crippen LogP contribution in [0.15, 0.2) is 12.3 Å². The predicted molar refractivity (Wildman–Crippen MR) is 76.4 cm³/mol. The molecule has 19 heavy (non-hydrogen) atoms. The zero-order valence-corrected chi connectivity index (χ0v) is 11.9. The van der Waals surface area contributed by atoms with E-state index in [1.807, 2.05) is 19.3 Å². The molecule has 2 aliphatic rings. The maximum Gasteiger partial charge on any atom is 0.225 e. The van der Waals surface area contributed by atoms with Crippen molar-refractivity contribution < 1.29 is 4.79 Å². The van der Waals surface area contributed by atoms with Crippen LogP contribution in [0, 0.1) is 5.92 Å². The fourth-order valence-electron chi connectivity index (χ4n) is 3.28. The van der Waals surface area contributed by atoms with Crippen molar-refractivity contribution in [1.29, 1.82) is 0 Å². The summed E-state index contributed by atoms with van der Waals surface area (Å²) in [6, 6.07) is 3.12. The maximum atomic E-state index is 11.9. The number of piperidine rings is 1. The standard InChI is InChI=1S/C13H20N4O.ClH/c1-17-5-4-12(16-17)15-13(18)8-9-6-10-2-3-11(7-9)14-10;/h4-5,9-11,14H,2-3,6-8H2,1H3,(H,15,16,18);1H. The number of hydrogen-bond donors (Lipinski definition) is 2. The highest BCUT2D eigenvalue weighted by molar-refractivity contribution is 5.89. The van der Waals surface area contributed by atoms with Crippen LogP contribution in [0.25, 0.3) is 0 Å². The van der Waals surface area contributed by atoms with Crippen LogP contribution in [0.2, 0.25) is 0 Å². The number of amides is 1. The fraction of sp³-hybridized carbons (Fsp3) is 0.692. The Morgan fingerprint density at radius 2 is 2.16 bits per heavy atom. The second-order valence-electron chi connectivity index (χ2n) is 5.60. The molecule has 3 rings (SSSR count). The summed E-state index contributed by atoms with van der Waals surface area (Å²) < 4.78 is 1.69. The van der Waals surface area contributed by atoms with Gasteiger partial charge < -0.3 is 10.6 Å². The van der Waals surface area contributed by atoms with Gasteiger partial charge in [0.25, 0.3) is 0 Å². The van der Waals surface area contributed by atoms with Crippen LogP contribution in [0.4, 0.5) is 5.82 Å². The number of aromatic nitrogens is 2. The molecule has 2 fully saturated rings. The SMILES string of the molecule is Cl.Cn1ccc(NC(=O)CC2CC3CCC(C2)N3)n1. The van der Waals surface area contributed by atoms with Gasteiger partial charge in [0, 0.05) is 37.8 Å². The predicted octanol–water partition coefficient (Wildman–Crippen LogP) is 1.70. The van der Waals surface area contributed by atoms with E-state index in [4.69, 9.17) is 0 Å². The Morgan fingerprint density at radius 3 is 2.74 bits per heavy atom. The zero-order chi connectivity index (χ0) is 12.5. The number of nitrogens with one attached hydrogen (secondary N) is 2. The Kier molecular flexibility index (Phi) is 4.47. The Labute approximate surface area is 119 Å². The van der Waals surface area contributed by atoms with Crippen molar-refractivity contribution in [2.45, 2.75) is 44.2 Å². The van der Waals surface area contributed by atoms with Crippen LogP contribution in [-0.4, -0.2) is 27.8 Å². The molecular weight excluding hydrogens is 264 g/mol. The van der Waals surface area contributed by atoms with Gasteiger partial charge in [0.05, 0.1) is 0 Å². The first-order valence-electron chi connectivity index (χ1n) is 6.74. The summed E-state index contributed by atoms with van der Waals surface area (Å²) in [4.78, 5) is 11.9. The summed E-state index contributed by atoms with van der Waals surface area (Å²) in [5.74, 6) is 1.28. The van der Waals surface area contributed by atoms with Gasteiger partial charge in [0.2, 0.25) is 5.91 Å². The van der Waals surface area contributed by atoms with Gasteiger partial charge in [-0.1, -0.05) is 0 Å². The van der Waals surface area contributed by atoms with Crippen molar-refractivity contribution >= 4 is 24.1 Å². The summed E-state index contributed by atoms with van der Waals surface area (Å²) in [6.07, 6.45) is 7.32. The highest BCUT2D eigenvalue weighted by Crippen LogP contribution is 2.32. The molecule has 0 saturated carbocycles. The molecule has 2 bridgehead atoms. The van der Waals surface area contributed by atoms with Crippen LogP contribution in [0.5, 0.6) is 0 Å². The van der Waals surface area contributed by atoms with Gasteiger partial charge in [-0.05, 0) is 31.6 Å². The maximum absolute atomic E-state index is 11.9. The van der Waals surface area contributed by atoms with Crippen molar-refractivity contribution in [1.82, 2.24) is 15.1 Å². The summed E-state index contributed by atoms with van der Waals surface area (Å²) in [5.41, 5.74) is 0. The molecule has 2 N–H and O–H groups in total. The molecule has 106 valence electrons. The van der Waals surface area contributed by atoms with Gasteiger partial charge in [-0.15, -0.1) is 12.4 Å². The lowest BCUT2D eigenvalue weighted by molar-refractivity contribution is -0.117. The average Bonchev–Trinajstić information content (AvgIpc) is 2.85. The van der Waals surface area contributed by atoms with Crippen LogP contribution in [0.3, 0.4) is 0 Å². The number of carbonyl (C=O) groups excluding carboxylic acids is 1. The molecular formula is C13H21ClN4O. The number of aryl methyl sites for hydroxylation is 1. The van der Waals surface area contributed by atoms with Gasteiger partial charge in [-0.3, -0.25) is 9.48 Å². The summed E-state index contributed by atoms with van der Waals surface area (Å²) in [6.45, 7) is 0. The molecule has 2 unspecified atom stereocenters. The Bertz CT molecular complexity index is 436. The van der Waals surface area contributed by atoms with E-state index < -0.39 is 0 Å². The van der Waals surface area contributed by atoms with E-state index >= 15 is 0 Å². The van der Waals surface area contributed by atoms with E-state index in [1.165, 1.54) is 12.8 Å². The highest BCUT2D eigenvalue weighted by Gasteiger charge is 2.34. The summed E-state index contributed by atoms with van der Waals surface area (Å²) >= 11 is 0. The van der Waals surface area contributed by atoms with Crippen LogP contribution in [0.1, 0.15) is 32.1 Å². The number of halogens is 1. The Balaban J connectivity index is 0.00000133. The molecule has 0 spiro atoms. The van der Waals surface area contributed by atoms with E-state index in [0.29, 0.717) is 30.2 Å². The first-order valence-corrected chi connectivity index (χ1v) is 6.74. The lowest BCUT2D eigenvalue weighted by Gasteiger charge is -2.28. The van der Waals surface area contributed by atoms with Crippen molar-refractivity contribution in [3.8, 4) is 0 Å². The van der Waals surface area contributed by atoms with Gasteiger partial charge in [0.15, 0.2) is 5.82 Å². The quantitative estimate of drug-likeness (QED) is 0.888. The van der Waals surface area contributed by atoms with E-state index in [0.717, 1.165) is 12.8 Å². The third-order valence-electron chi connectivity index (χ3n) is 4.03. The van der Waals surface area contributed by atoms with Crippen molar-refractivity contribution in [3.63, 3.8) is 0 Å². The number of fused-ring (bicyclic) bond motifs is 2. The van der Waals surface area contributed by atoms with Crippen molar-refractivity contribution in [2.75, 3.05) is 5.32 Å². The molecule has 3 heterocycles.